The van der Waals surface area contributed by atoms with Gasteiger partial charge in [-0.05, 0) is 25.3 Å². The van der Waals surface area contributed by atoms with Gasteiger partial charge in [-0.2, -0.15) is 0 Å². The second-order valence-electron chi connectivity index (χ2n) is 3.00. The van der Waals surface area contributed by atoms with Crippen LogP contribution in [0.3, 0.4) is 0 Å². The Labute approximate surface area is 107 Å². The van der Waals surface area contributed by atoms with Gasteiger partial charge in [0.2, 0.25) is 0 Å². The van der Waals surface area contributed by atoms with Gasteiger partial charge in [-0.15, -0.1) is 0 Å². The average molecular weight is 208 g/mol. The van der Waals surface area contributed by atoms with Crippen LogP contribution in [0.25, 0.3) is 0 Å². The van der Waals surface area contributed by atoms with Gasteiger partial charge in [-0.1, -0.05) is 25.3 Å². The Bertz CT molecular complexity index is 157. The molecule has 0 saturated heterocycles. The Morgan fingerprint density at radius 3 is 2.29 bits per heavy atom. The molecule has 0 atom stereocenters. The minimum Gasteiger partial charge on any atom is -0.545 e. The standard InChI is InChI=1S/C10H18O3.Na/c11-9-7-5-3-1-2-4-6-8-10(12)13;/h6,8,11H,1-5,7,9H2,(H,12,13);/q;+1/p-1/b8-6+;. The molecule has 0 spiro atoms. The summed E-state index contributed by atoms with van der Waals surface area (Å²) in [5.41, 5.74) is 0. The Balaban J connectivity index is 0. The van der Waals surface area contributed by atoms with Gasteiger partial charge in [0.05, 0.1) is 5.97 Å². The molecule has 0 rings (SSSR count). The number of unbranched alkanes of at least 4 members (excludes halogenated alkanes) is 5. The Kier molecular flexibility index (Phi) is 15.6. The molecular weight excluding hydrogens is 191 g/mol. The summed E-state index contributed by atoms with van der Waals surface area (Å²) in [5, 5.41) is 18.4. The van der Waals surface area contributed by atoms with E-state index in [2.05, 4.69) is 0 Å². The summed E-state index contributed by atoms with van der Waals surface area (Å²) in [6, 6.07) is 0. The molecule has 0 aliphatic carbocycles. The van der Waals surface area contributed by atoms with Crippen molar-refractivity contribution in [1.82, 2.24) is 0 Å². The zero-order valence-electron chi connectivity index (χ0n) is 8.87. The number of carboxylic acid groups (broad SMARTS) is 1. The number of carbonyl (C=O) groups excluding carboxylic acids is 1. The van der Waals surface area contributed by atoms with Crippen molar-refractivity contribution in [2.75, 3.05) is 6.61 Å². The number of hydrogen-bond acceptors (Lipinski definition) is 3. The van der Waals surface area contributed by atoms with Crippen LogP contribution in [0, 0.1) is 0 Å². The van der Waals surface area contributed by atoms with E-state index in [4.69, 9.17) is 5.11 Å². The molecule has 0 fully saturated rings. The van der Waals surface area contributed by atoms with Crippen LogP contribution in [-0.4, -0.2) is 17.7 Å². The molecule has 0 aliphatic heterocycles. The maximum absolute atomic E-state index is 9.95. The molecule has 4 heteroatoms. The van der Waals surface area contributed by atoms with E-state index >= 15 is 0 Å². The number of carbonyl (C=O) groups is 1. The maximum Gasteiger partial charge on any atom is 1.00 e. The van der Waals surface area contributed by atoms with Crippen LogP contribution < -0.4 is 34.7 Å². The average Bonchev–Trinajstić information content (AvgIpc) is 2.09. The van der Waals surface area contributed by atoms with Crippen molar-refractivity contribution in [3.8, 4) is 0 Å². The Morgan fingerprint density at radius 1 is 1.14 bits per heavy atom. The van der Waals surface area contributed by atoms with Gasteiger partial charge < -0.3 is 15.0 Å². The molecule has 0 radical (unpaired) electrons. The molecule has 14 heavy (non-hydrogen) atoms. The fraction of sp³-hybridized carbons (Fsp3) is 0.700. The maximum atomic E-state index is 9.95. The van der Waals surface area contributed by atoms with E-state index in [1.807, 2.05) is 0 Å². The van der Waals surface area contributed by atoms with E-state index in [0.717, 1.165) is 44.6 Å². The van der Waals surface area contributed by atoms with E-state index in [1.54, 1.807) is 6.08 Å². The zero-order chi connectivity index (χ0) is 9.94. The van der Waals surface area contributed by atoms with Gasteiger partial charge in [-0.3, -0.25) is 0 Å². The van der Waals surface area contributed by atoms with E-state index in [1.165, 1.54) is 0 Å². The Morgan fingerprint density at radius 2 is 1.71 bits per heavy atom. The van der Waals surface area contributed by atoms with Crippen LogP contribution >= 0.6 is 0 Å². The normalized spacial score (nSPS) is 10.1. The predicted octanol–water partition coefficient (Wildman–Crippen LogP) is -2.37. The number of carboxylic acids is 1. The summed E-state index contributed by atoms with van der Waals surface area (Å²) in [6.45, 7) is 0.268. The molecule has 0 unspecified atom stereocenters. The zero-order valence-corrected chi connectivity index (χ0v) is 10.9. The van der Waals surface area contributed by atoms with Crippen LogP contribution in [0.4, 0.5) is 0 Å². The fourth-order valence-electron chi connectivity index (χ4n) is 1.08. The van der Waals surface area contributed by atoms with Gasteiger partial charge in [0.15, 0.2) is 0 Å². The van der Waals surface area contributed by atoms with E-state index in [9.17, 15) is 9.90 Å². The number of rotatable bonds is 8. The van der Waals surface area contributed by atoms with E-state index < -0.39 is 5.97 Å². The quantitative estimate of drug-likeness (QED) is 0.275. The van der Waals surface area contributed by atoms with Crippen molar-refractivity contribution in [2.24, 2.45) is 0 Å². The van der Waals surface area contributed by atoms with Crippen molar-refractivity contribution < 1.29 is 44.6 Å². The summed E-state index contributed by atoms with van der Waals surface area (Å²) in [6.07, 6.45) is 8.64. The monoisotopic (exact) mass is 208 g/mol. The van der Waals surface area contributed by atoms with Gasteiger partial charge in [-0.25, -0.2) is 0 Å². The summed E-state index contributed by atoms with van der Waals surface area (Å²) in [5.74, 6) is -1.12. The van der Waals surface area contributed by atoms with Gasteiger partial charge in [0.1, 0.15) is 0 Å². The molecule has 0 aromatic carbocycles. The smallest absolute Gasteiger partial charge is 0.545 e. The summed E-state index contributed by atoms with van der Waals surface area (Å²) >= 11 is 0. The van der Waals surface area contributed by atoms with E-state index in [0.29, 0.717) is 0 Å². The van der Waals surface area contributed by atoms with Crippen LogP contribution in [-0.2, 0) is 4.79 Å². The minimum atomic E-state index is -1.12. The molecule has 0 bridgehead atoms. The molecule has 0 amide bonds. The van der Waals surface area contributed by atoms with Crippen LogP contribution in [0.15, 0.2) is 12.2 Å². The van der Waals surface area contributed by atoms with Crippen LogP contribution in [0.2, 0.25) is 0 Å². The number of hydrogen-bond donors (Lipinski definition) is 1. The second-order valence-corrected chi connectivity index (χ2v) is 3.00. The summed E-state index contributed by atoms with van der Waals surface area (Å²) in [4.78, 5) is 9.95. The van der Waals surface area contributed by atoms with Crippen molar-refractivity contribution in [3.63, 3.8) is 0 Å². The van der Waals surface area contributed by atoms with Crippen molar-refractivity contribution in [1.29, 1.82) is 0 Å². The molecule has 0 heterocycles. The first-order valence-corrected chi connectivity index (χ1v) is 4.75. The van der Waals surface area contributed by atoms with Crippen molar-refractivity contribution in [2.45, 2.75) is 38.5 Å². The number of aliphatic hydroxyl groups excluding tert-OH is 1. The van der Waals surface area contributed by atoms with Crippen LogP contribution in [0.1, 0.15) is 38.5 Å². The SMILES string of the molecule is O=C([O-])/C=C/CCCCCCCO.[Na+]. The summed E-state index contributed by atoms with van der Waals surface area (Å²) < 4.78 is 0. The molecule has 3 nitrogen and oxygen atoms in total. The van der Waals surface area contributed by atoms with E-state index in [-0.39, 0.29) is 36.2 Å². The molecule has 1 N–H and O–H groups in total. The van der Waals surface area contributed by atoms with Crippen LogP contribution in [0.5, 0.6) is 0 Å². The molecule has 0 aromatic rings. The Hall–Kier alpha value is 0.170. The first-order valence-electron chi connectivity index (χ1n) is 4.75. The topological polar surface area (TPSA) is 60.4 Å². The number of allylic oxidation sites excluding steroid dienone is 1. The van der Waals surface area contributed by atoms with Gasteiger partial charge >= 0.3 is 29.6 Å². The summed E-state index contributed by atoms with van der Waals surface area (Å²) in [7, 11) is 0. The van der Waals surface area contributed by atoms with Crippen molar-refractivity contribution >= 4 is 5.97 Å². The second kappa shape index (κ2) is 13.2. The first-order chi connectivity index (χ1) is 6.27. The third-order valence-electron chi connectivity index (χ3n) is 1.78. The molecule has 0 saturated carbocycles. The number of aliphatic carboxylic acids is 1. The first kappa shape index (κ1) is 16.6. The molecule has 0 aromatic heterocycles. The molecule has 0 aliphatic rings. The van der Waals surface area contributed by atoms with Gasteiger partial charge in [0.25, 0.3) is 0 Å². The fourth-order valence-corrected chi connectivity index (χ4v) is 1.08. The van der Waals surface area contributed by atoms with Gasteiger partial charge in [0, 0.05) is 6.61 Å². The largest absolute Gasteiger partial charge is 1.00 e. The predicted molar refractivity (Wildman–Crippen MR) is 48.9 cm³/mol. The third kappa shape index (κ3) is 14.7. The minimum absolute atomic E-state index is 0. The van der Waals surface area contributed by atoms with Crippen molar-refractivity contribution in [3.05, 3.63) is 12.2 Å². The molecular formula is C10H17NaO3. The number of aliphatic hydroxyl groups is 1. The third-order valence-corrected chi connectivity index (χ3v) is 1.78. The molecule has 76 valence electrons.